The van der Waals surface area contributed by atoms with Crippen LogP contribution in [0, 0.1) is 17.8 Å². The molecule has 3 N–H and O–H groups in total. The third-order valence-electron chi connectivity index (χ3n) is 4.90. The van der Waals surface area contributed by atoms with Gasteiger partial charge in [0.1, 0.15) is 5.82 Å². The van der Waals surface area contributed by atoms with Crippen LogP contribution in [0.2, 0.25) is 0 Å². The fourth-order valence-corrected chi connectivity index (χ4v) is 3.69. The number of anilines is 2. The standard InChI is InChI=1S/C14H18N4O3/c15-14-16-10(7-1-2-21-6-7)3-11(17-14)18-4-8-9(5-18)12(8)13(19)20/h3,7-9,12H,1-2,4-6H2,(H,19,20)(H2,15,16,17)/t7-,8-,9+,12?/m0/s1. The first kappa shape index (κ1) is 12.8. The molecule has 21 heavy (non-hydrogen) atoms. The molecule has 1 aromatic rings. The van der Waals surface area contributed by atoms with Gasteiger partial charge >= 0.3 is 5.97 Å². The third-order valence-corrected chi connectivity index (χ3v) is 4.90. The number of ether oxygens (including phenoxy) is 1. The van der Waals surface area contributed by atoms with E-state index in [2.05, 4.69) is 14.9 Å². The second-order valence-corrected chi connectivity index (χ2v) is 6.17. The molecule has 7 heteroatoms. The number of aromatic nitrogens is 2. The van der Waals surface area contributed by atoms with E-state index in [1.165, 1.54) is 0 Å². The van der Waals surface area contributed by atoms with E-state index in [0.717, 1.165) is 37.6 Å². The van der Waals surface area contributed by atoms with Crippen molar-refractivity contribution in [3.63, 3.8) is 0 Å². The van der Waals surface area contributed by atoms with Gasteiger partial charge in [-0.2, -0.15) is 4.98 Å². The van der Waals surface area contributed by atoms with Gasteiger partial charge in [-0.25, -0.2) is 4.98 Å². The van der Waals surface area contributed by atoms with E-state index >= 15 is 0 Å². The molecule has 1 aromatic heterocycles. The number of nitrogens with zero attached hydrogens (tertiary/aromatic N) is 3. The van der Waals surface area contributed by atoms with Crippen LogP contribution in [0.4, 0.5) is 11.8 Å². The lowest BCUT2D eigenvalue weighted by molar-refractivity contribution is -0.139. The number of carbonyl (C=O) groups is 1. The molecule has 0 radical (unpaired) electrons. The molecule has 2 aliphatic heterocycles. The Hall–Kier alpha value is -1.89. The van der Waals surface area contributed by atoms with Crippen LogP contribution >= 0.6 is 0 Å². The van der Waals surface area contributed by atoms with Gasteiger partial charge in [-0.05, 0) is 18.3 Å². The summed E-state index contributed by atoms with van der Waals surface area (Å²) in [6, 6.07) is 1.98. The van der Waals surface area contributed by atoms with Gasteiger partial charge in [0.25, 0.3) is 0 Å². The van der Waals surface area contributed by atoms with Crippen LogP contribution in [0.3, 0.4) is 0 Å². The summed E-state index contributed by atoms with van der Waals surface area (Å²) in [6.45, 7) is 2.94. The van der Waals surface area contributed by atoms with Crippen LogP contribution < -0.4 is 10.6 Å². The number of hydrogen-bond donors (Lipinski definition) is 2. The molecule has 0 bridgehead atoms. The van der Waals surface area contributed by atoms with E-state index in [9.17, 15) is 4.79 Å². The van der Waals surface area contributed by atoms with E-state index in [0.29, 0.717) is 6.61 Å². The van der Waals surface area contributed by atoms with E-state index in [-0.39, 0.29) is 29.6 Å². The highest BCUT2D eigenvalue weighted by Crippen LogP contribution is 2.52. The van der Waals surface area contributed by atoms with Gasteiger partial charge in [0, 0.05) is 31.7 Å². The average molecular weight is 290 g/mol. The minimum Gasteiger partial charge on any atom is -0.481 e. The van der Waals surface area contributed by atoms with E-state index in [1.807, 2.05) is 6.07 Å². The SMILES string of the molecule is Nc1nc([C@H]2CCOC2)cc(N2C[C@@H]3C(C(=O)O)[C@@H]3C2)n1. The van der Waals surface area contributed by atoms with Gasteiger partial charge in [-0.3, -0.25) is 4.79 Å². The summed E-state index contributed by atoms with van der Waals surface area (Å²) in [5.74, 6) is 1.08. The van der Waals surface area contributed by atoms with Gasteiger partial charge < -0.3 is 20.5 Å². The molecule has 2 saturated heterocycles. The average Bonchev–Trinajstić information content (AvgIpc) is 2.89. The first-order chi connectivity index (χ1) is 10.1. The van der Waals surface area contributed by atoms with Crippen LogP contribution in [-0.4, -0.2) is 47.3 Å². The molecule has 0 aromatic carbocycles. The Labute approximate surface area is 122 Å². The number of carboxylic acids is 1. The number of rotatable bonds is 3. The summed E-state index contributed by atoms with van der Waals surface area (Å²) in [4.78, 5) is 21.8. The second kappa shape index (κ2) is 4.56. The second-order valence-electron chi connectivity index (χ2n) is 6.17. The largest absolute Gasteiger partial charge is 0.481 e. The van der Waals surface area contributed by atoms with Crippen LogP contribution in [0.15, 0.2) is 6.07 Å². The van der Waals surface area contributed by atoms with Crippen LogP contribution in [-0.2, 0) is 9.53 Å². The number of aliphatic carboxylic acids is 1. The third kappa shape index (κ3) is 2.12. The minimum absolute atomic E-state index is 0.164. The lowest BCUT2D eigenvalue weighted by atomic mass is 10.0. The molecule has 4 rings (SSSR count). The molecule has 3 aliphatic rings. The van der Waals surface area contributed by atoms with Gasteiger partial charge in [0.05, 0.1) is 18.2 Å². The fraction of sp³-hybridized carbons (Fsp3) is 0.643. The molecule has 1 aliphatic carbocycles. The Morgan fingerprint density at radius 3 is 2.76 bits per heavy atom. The number of nitrogens with two attached hydrogens (primary N) is 1. The summed E-state index contributed by atoms with van der Waals surface area (Å²) in [5.41, 5.74) is 6.77. The molecule has 1 unspecified atom stereocenters. The Bertz CT molecular complexity index is 576. The topological polar surface area (TPSA) is 102 Å². The number of fused-ring (bicyclic) bond motifs is 1. The normalized spacial score (nSPS) is 34.0. The summed E-state index contributed by atoms with van der Waals surface area (Å²) < 4.78 is 5.40. The van der Waals surface area contributed by atoms with E-state index in [1.54, 1.807) is 0 Å². The predicted octanol–water partition coefficient (Wildman–Crippen LogP) is 0.329. The summed E-state index contributed by atoms with van der Waals surface area (Å²) >= 11 is 0. The zero-order chi connectivity index (χ0) is 14.6. The van der Waals surface area contributed by atoms with Crippen molar-refractivity contribution in [1.82, 2.24) is 9.97 Å². The van der Waals surface area contributed by atoms with Crippen LogP contribution in [0.1, 0.15) is 18.0 Å². The first-order valence-corrected chi connectivity index (χ1v) is 7.33. The highest BCUT2D eigenvalue weighted by Gasteiger charge is 2.60. The van der Waals surface area contributed by atoms with Gasteiger partial charge in [0.2, 0.25) is 5.95 Å². The lowest BCUT2D eigenvalue weighted by Gasteiger charge is -2.21. The van der Waals surface area contributed by atoms with Crippen LogP contribution in [0.25, 0.3) is 0 Å². The van der Waals surface area contributed by atoms with Crippen molar-refractivity contribution in [3.8, 4) is 0 Å². The fourth-order valence-electron chi connectivity index (χ4n) is 3.69. The Kier molecular flexibility index (Phi) is 2.78. The Balaban J connectivity index is 1.52. The van der Waals surface area contributed by atoms with Crippen molar-refractivity contribution in [3.05, 3.63) is 11.8 Å². The summed E-state index contributed by atoms with van der Waals surface area (Å²) in [5, 5.41) is 9.07. The molecular weight excluding hydrogens is 272 g/mol. The number of carboxylic acid groups (broad SMARTS) is 1. The van der Waals surface area contributed by atoms with Crippen molar-refractivity contribution in [1.29, 1.82) is 0 Å². The molecule has 7 nitrogen and oxygen atoms in total. The predicted molar refractivity (Wildman–Crippen MR) is 74.9 cm³/mol. The van der Waals surface area contributed by atoms with Crippen molar-refractivity contribution in [2.24, 2.45) is 17.8 Å². The molecule has 3 heterocycles. The van der Waals surface area contributed by atoms with E-state index < -0.39 is 5.97 Å². The zero-order valence-corrected chi connectivity index (χ0v) is 11.6. The molecule has 0 amide bonds. The van der Waals surface area contributed by atoms with Gasteiger partial charge in [-0.1, -0.05) is 0 Å². The molecule has 3 fully saturated rings. The maximum atomic E-state index is 11.0. The maximum absolute atomic E-state index is 11.0. The monoisotopic (exact) mass is 290 g/mol. The van der Waals surface area contributed by atoms with Crippen LogP contribution in [0.5, 0.6) is 0 Å². The van der Waals surface area contributed by atoms with E-state index in [4.69, 9.17) is 15.6 Å². The molecular formula is C14H18N4O3. The van der Waals surface area contributed by atoms with Crippen molar-refractivity contribution in [2.75, 3.05) is 36.9 Å². The van der Waals surface area contributed by atoms with Gasteiger partial charge in [0.15, 0.2) is 0 Å². The Morgan fingerprint density at radius 2 is 2.14 bits per heavy atom. The number of piperidine rings is 1. The Morgan fingerprint density at radius 1 is 1.38 bits per heavy atom. The molecule has 4 atom stereocenters. The summed E-state index contributed by atoms with van der Waals surface area (Å²) in [7, 11) is 0. The highest BCUT2D eigenvalue weighted by molar-refractivity contribution is 5.75. The molecule has 1 saturated carbocycles. The van der Waals surface area contributed by atoms with Crippen molar-refractivity contribution in [2.45, 2.75) is 12.3 Å². The maximum Gasteiger partial charge on any atom is 0.307 e. The smallest absolute Gasteiger partial charge is 0.307 e. The lowest BCUT2D eigenvalue weighted by Crippen LogP contribution is -2.27. The summed E-state index contributed by atoms with van der Waals surface area (Å²) in [6.07, 6.45) is 0.961. The van der Waals surface area contributed by atoms with Crippen molar-refractivity contribution >= 4 is 17.7 Å². The van der Waals surface area contributed by atoms with Crippen molar-refractivity contribution < 1.29 is 14.6 Å². The van der Waals surface area contributed by atoms with Gasteiger partial charge in [-0.15, -0.1) is 0 Å². The molecule has 112 valence electrons. The minimum atomic E-state index is -0.671. The molecule has 0 spiro atoms. The zero-order valence-electron chi connectivity index (χ0n) is 11.6. The number of hydrogen-bond acceptors (Lipinski definition) is 6. The first-order valence-electron chi connectivity index (χ1n) is 7.33. The number of nitrogen functional groups attached to an aromatic ring is 1. The quantitative estimate of drug-likeness (QED) is 0.827. The highest BCUT2D eigenvalue weighted by atomic mass is 16.5.